The molecule has 7 fully saturated rings. The quantitative estimate of drug-likeness (QED) is 0.218. The molecule has 5 aliphatic carbocycles. The summed E-state index contributed by atoms with van der Waals surface area (Å²) in [5, 5.41) is 41.9. The van der Waals surface area contributed by atoms with E-state index < -0.39 is 48.4 Å². The van der Waals surface area contributed by atoms with Crippen molar-refractivity contribution in [2.24, 2.45) is 56.5 Å². The third-order valence-electron chi connectivity index (χ3n) is 16.0. The maximum absolute atomic E-state index is 12.1. The van der Waals surface area contributed by atoms with E-state index in [1.807, 2.05) is 0 Å². The Morgan fingerprint density at radius 1 is 0.979 bits per heavy atom. The van der Waals surface area contributed by atoms with Gasteiger partial charge in [-0.15, -0.1) is 0 Å². The summed E-state index contributed by atoms with van der Waals surface area (Å²) in [5.74, 6) is 1.12. The first kappa shape index (κ1) is 34.6. The van der Waals surface area contributed by atoms with Crippen LogP contribution in [0.1, 0.15) is 107 Å². The van der Waals surface area contributed by atoms with Gasteiger partial charge in [-0.25, -0.2) is 0 Å². The summed E-state index contributed by atoms with van der Waals surface area (Å²) < 4.78 is 24.8. The molecule has 2 aliphatic heterocycles. The Morgan fingerprint density at radius 2 is 1.64 bits per heavy atom. The molecule has 2 saturated heterocycles. The van der Waals surface area contributed by atoms with Gasteiger partial charge in [0.25, 0.3) is 0 Å². The maximum Gasteiger partial charge on any atom is 0.303 e. The van der Waals surface area contributed by atoms with Crippen molar-refractivity contribution in [3.05, 3.63) is 0 Å². The number of aliphatic hydroxyl groups is 4. The SMILES string of the molecule is CC(=O)O[C@@H]([C@H]1C[C@@H](C)C2C(O1)C(N)[C@@]1(C)[C@@H]3CC[C@H]4C(C)(C)[C@@H](O[C@@H]5OC[C@@H](O)[C@H](O)[C@H]5O)CC[C@@]45C[C@@]35CC[C@]21C)C(C)(C)O. The molecule has 0 aromatic carbocycles. The van der Waals surface area contributed by atoms with Crippen LogP contribution >= 0.6 is 0 Å². The van der Waals surface area contributed by atoms with Gasteiger partial charge in [0.2, 0.25) is 0 Å². The number of carbonyl (C=O) groups excluding carboxylic acids is 1. The summed E-state index contributed by atoms with van der Waals surface area (Å²) >= 11 is 0. The van der Waals surface area contributed by atoms with Gasteiger partial charge < -0.3 is 45.1 Å². The van der Waals surface area contributed by atoms with Crippen LogP contribution in [0.4, 0.5) is 0 Å². The predicted octanol–water partition coefficient (Wildman–Crippen LogP) is 3.29. The van der Waals surface area contributed by atoms with Gasteiger partial charge in [-0.2, -0.15) is 0 Å². The van der Waals surface area contributed by atoms with Crippen molar-refractivity contribution in [3.63, 3.8) is 0 Å². The molecule has 10 nitrogen and oxygen atoms in total. The van der Waals surface area contributed by atoms with Crippen molar-refractivity contribution in [2.75, 3.05) is 6.61 Å². The highest BCUT2D eigenvalue weighted by Crippen LogP contribution is 2.89. The molecule has 6 N–H and O–H groups in total. The van der Waals surface area contributed by atoms with E-state index in [4.69, 9.17) is 24.7 Å². The molecule has 0 bridgehead atoms. The first-order chi connectivity index (χ1) is 21.8. The lowest BCUT2D eigenvalue weighted by Gasteiger charge is -2.64. The molecule has 0 radical (unpaired) electrons. The number of hydrogen-bond donors (Lipinski definition) is 5. The van der Waals surface area contributed by atoms with Gasteiger partial charge in [-0.1, -0.05) is 34.6 Å². The Bertz CT molecular complexity index is 1250. The van der Waals surface area contributed by atoms with Crippen LogP contribution in [-0.2, 0) is 23.7 Å². The largest absolute Gasteiger partial charge is 0.457 e. The first-order valence-corrected chi connectivity index (χ1v) is 18.4. The van der Waals surface area contributed by atoms with Crippen molar-refractivity contribution in [2.45, 2.75) is 167 Å². The minimum absolute atomic E-state index is 0.00928. The molecule has 17 atom stereocenters. The Morgan fingerprint density at radius 3 is 2.30 bits per heavy atom. The molecular weight excluding hydrogens is 602 g/mol. The van der Waals surface area contributed by atoms with Crippen LogP contribution in [0.3, 0.4) is 0 Å². The number of ether oxygens (including phenoxy) is 4. The number of rotatable bonds is 5. The molecule has 3 unspecified atom stereocenters. The maximum atomic E-state index is 12.1. The van der Waals surface area contributed by atoms with Crippen molar-refractivity contribution < 1.29 is 44.2 Å². The Kier molecular flexibility index (Phi) is 7.97. The normalized spacial score (nSPS) is 55.4. The molecule has 7 rings (SSSR count). The minimum Gasteiger partial charge on any atom is -0.457 e. The van der Waals surface area contributed by atoms with Crippen molar-refractivity contribution in [1.82, 2.24) is 0 Å². The minimum atomic E-state index is -1.28. The zero-order chi connectivity index (χ0) is 34.3. The molecule has 268 valence electrons. The first-order valence-electron chi connectivity index (χ1n) is 18.4. The zero-order valence-electron chi connectivity index (χ0n) is 29.8. The van der Waals surface area contributed by atoms with E-state index in [9.17, 15) is 25.2 Å². The number of nitrogens with two attached hydrogens (primary N) is 1. The van der Waals surface area contributed by atoms with Gasteiger partial charge in [0.05, 0.1) is 30.5 Å². The van der Waals surface area contributed by atoms with Gasteiger partial charge in [0.1, 0.15) is 18.3 Å². The smallest absolute Gasteiger partial charge is 0.303 e. The van der Waals surface area contributed by atoms with E-state index in [0.717, 1.165) is 32.1 Å². The average Bonchev–Trinajstić information content (AvgIpc) is 3.61. The molecule has 0 aromatic heterocycles. The van der Waals surface area contributed by atoms with Crippen LogP contribution in [0.15, 0.2) is 0 Å². The number of carbonyl (C=O) groups is 1. The highest BCUT2D eigenvalue weighted by atomic mass is 16.7. The lowest BCUT2D eigenvalue weighted by Crippen LogP contribution is -2.62. The lowest BCUT2D eigenvalue weighted by molar-refractivity contribution is -0.302. The van der Waals surface area contributed by atoms with Gasteiger partial charge >= 0.3 is 5.97 Å². The second kappa shape index (κ2) is 10.8. The fourth-order valence-electron chi connectivity index (χ4n) is 13.8. The van der Waals surface area contributed by atoms with Crippen LogP contribution in [-0.4, -0.2) is 93.7 Å². The molecule has 2 spiro atoms. The highest BCUT2D eigenvalue weighted by molar-refractivity contribution is 5.66. The predicted molar refractivity (Wildman–Crippen MR) is 173 cm³/mol. The Balaban J connectivity index is 1.14. The van der Waals surface area contributed by atoms with Gasteiger partial charge in [-0.3, -0.25) is 4.79 Å². The highest BCUT2D eigenvalue weighted by Gasteiger charge is 2.84. The van der Waals surface area contributed by atoms with Crippen LogP contribution in [0.5, 0.6) is 0 Å². The van der Waals surface area contributed by atoms with E-state index in [1.54, 1.807) is 13.8 Å². The second-order valence-corrected chi connectivity index (χ2v) is 18.7. The number of aliphatic hydroxyl groups excluding tert-OH is 3. The van der Waals surface area contributed by atoms with E-state index in [-0.39, 0.29) is 51.9 Å². The van der Waals surface area contributed by atoms with Gasteiger partial charge in [-0.05, 0) is 116 Å². The molecule has 47 heavy (non-hydrogen) atoms. The standard InChI is InChI=1S/C37H61NO9/c1-18-15-21(30(33(5,6)43)45-19(2)39)46-28-25(18)34(7)13-14-37-17-36(37)12-11-24(47-31-27(42)26(41)20(40)16-44-31)32(3,4)22(36)9-10-23(37)35(34,8)29(28)38/h18,20-31,40-43H,9-17,38H2,1-8H3/t18-,20-,21-,22+,23+,24+,25?,26+,27-,28?,29?,30+,31+,34-,35-,36-,37+/m1/s1. The Labute approximate surface area is 280 Å². The number of fused-ring (bicyclic) bond motifs is 4. The Hall–Kier alpha value is -0.850. The fraction of sp³-hybridized carbons (Fsp3) is 0.973. The van der Waals surface area contributed by atoms with Crippen LogP contribution < -0.4 is 5.73 Å². The summed E-state index contributed by atoms with van der Waals surface area (Å²) in [6, 6.07) is -0.168. The monoisotopic (exact) mass is 663 g/mol. The summed E-state index contributed by atoms with van der Waals surface area (Å²) in [5.41, 5.74) is 6.42. The average molecular weight is 664 g/mol. The van der Waals surface area contributed by atoms with E-state index in [1.165, 1.54) is 19.8 Å². The third kappa shape index (κ3) is 4.54. The zero-order valence-corrected chi connectivity index (χ0v) is 29.8. The van der Waals surface area contributed by atoms with Gasteiger partial charge in [0, 0.05) is 13.0 Å². The molecule has 0 amide bonds. The van der Waals surface area contributed by atoms with Crippen LogP contribution in [0, 0.1) is 50.7 Å². The van der Waals surface area contributed by atoms with E-state index in [2.05, 4.69) is 34.6 Å². The molecule has 2 heterocycles. The van der Waals surface area contributed by atoms with E-state index >= 15 is 0 Å². The number of esters is 1. The van der Waals surface area contributed by atoms with Crippen molar-refractivity contribution in [3.8, 4) is 0 Å². The van der Waals surface area contributed by atoms with Crippen molar-refractivity contribution in [1.29, 1.82) is 0 Å². The summed E-state index contributed by atoms with van der Waals surface area (Å²) in [6.07, 6.45) is 2.27. The van der Waals surface area contributed by atoms with E-state index in [0.29, 0.717) is 30.1 Å². The summed E-state index contributed by atoms with van der Waals surface area (Å²) in [6.45, 7) is 16.6. The van der Waals surface area contributed by atoms with Crippen molar-refractivity contribution >= 4 is 5.97 Å². The van der Waals surface area contributed by atoms with Crippen LogP contribution in [0.25, 0.3) is 0 Å². The topological polar surface area (TPSA) is 161 Å². The molecule has 5 saturated carbocycles. The molecule has 10 heteroatoms. The molecule has 0 aromatic rings. The summed E-state index contributed by atoms with van der Waals surface area (Å²) in [4.78, 5) is 12.1. The number of hydrogen-bond acceptors (Lipinski definition) is 10. The molecular formula is C37H61NO9. The van der Waals surface area contributed by atoms with Gasteiger partial charge in [0.15, 0.2) is 12.4 Å². The lowest BCUT2D eigenvalue weighted by atomic mass is 9.41. The third-order valence-corrected chi connectivity index (χ3v) is 16.0. The second-order valence-electron chi connectivity index (χ2n) is 18.7. The van der Waals surface area contributed by atoms with Crippen LogP contribution in [0.2, 0.25) is 0 Å². The summed E-state index contributed by atoms with van der Waals surface area (Å²) in [7, 11) is 0. The molecule has 7 aliphatic rings. The fourth-order valence-corrected chi connectivity index (χ4v) is 13.8.